The summed E-state index contributed by atoms with van der Waals surface area (Å²) in [5, 5.41) is 19.3. The van der Waals surface area contributed by atoms with Crippen LogP contribution < -0.4 is 5.32 Å². The second-order valence-electron chi connectivity index (χ2n) is 5.13. The van der Waals surface area contributed by atoms with Gasteiger partial charge in [0, 0.05) is 18.0 Å². The maximum atomic E-state index is 13.8. The van der Waals surface area contributed by atoms with Crippen molar-refractivity contribution in [1.82, 2.24) is 19.7 Å². The minimum absolute atomic E-state index is 0.0327. The molecule has 26 heavy (non-hydrogen) atoms. The first kappa shape index (κ1) is 17.0. The number of aromatic nitrogens is 4. The highest BCUT2D eigenvalue weighted by Gasteiger charge is 2.17. The zero-order chi connectivity index (χ0) is 18.7. The van der Waals surface area contributed by atoms with Crippen LogP contribution in [0, 0.1) is 5.82 Å². The van der Waals surface area contributed by atoms with Gasteiger partial charge in [0.2, 0.25) is 0 Å². The smallest absolute Gasteiger partial charge is 0.337 e. The highest BCUT2D eigenvalue weighted by atomic mass is 19.1. The molecule has 2 heterocycles. The van der Waals surface area contributed by atoms with E-state index in [4.69, 9.17) is 0 Å². The second-order valence-corrected chi connectivity index (χ2v) is 5.13. The number of carboxylic acid groups (broad SMARTS) is 1. The summed E-state index contributed by atoms with van der Waals surface area (Å²) in [6.07, 6.45) is 5.98. The Bertz CT molecular complexity index is 984. The number of anilines is 1. The van der Waals surface area contributed by atoms with Crippen molar-refractivity contribution in [3.63, 3.8) is 0 Å². The summed E-state index contributed by atoms with van der Waals surface area (Å²) in [5.74, 6) is -2.35. The number of nitrogens with one attached hydrogen (secondary N) is 1. The molecule has 0 radical (unpaired) electrons. The number of hydrogen-bond donors (Lipinski definition) is 2. The molecule has 0 unspecified atom stereocenters. The predicted molar refractivity (Wildman–Crippen MR) is 90.6 cm³/mol. The minimum Gasteiger partial charge on any atom is -0.478 e. The van der Waals surface area contributed by atoms with Crippen LogP contribution in [-0.2, 0) is 0 Å². The Kier molecular flexibility index (Phi) is 4.52. The van der Waals surface area contributed by atoms with E-state index in [1.165, 1.54) is 24.5 Å². The molecule has 0 aliphatic heterocycles. The zero-order valence-electron chi connectivity index (χ0n) is 13.3. The Hall–Kier alpha value is -3.88. The number of aromatic carboxylic acids is 1. The lowest BCUT2D eigenvalue weighted by Gasteiger charge is -2.10. The van der Waals surface area contributed by atoms with Gasteiger partial charge in [-0.1, -0.05) is 12.7 Å². The topological polar surface area (TPSA) is 110 Å². The van der Waals surface area contributed by atoms with Gasteiger partial charge in [-0.25, -0.2) is 14.2 Å². The van der Waals surface area contributed by atoms with Crippen LogP contribution in [0.5, 0.6) is 0 Å². The van der Waals surface area contributed by atoms with Crippen LogP contribution in [0.4, 0.5) is 10.1 Å². The fourth-order valence-electron chi connectivity index (χ4n) is 2.19. The summed E-state index contributed by atoms with van der Waals surface area (Å²) in [6, 6.07) is 5.00. The van der Waals surface area contributed by atoms with Crippen molar-refractivity contribution in [2.45, 2.75) is 0 Å². The molecule has 3 rings (SSSR count). The number of imidazole rings is 1. The van der Waals surface area contributed by atoms with E-state index in [2.05, 4.69) is 27.1 Å². The lowest BCUT2D eigenvalue weighted by Crippen LogP contribution is -2.17. The van der Waals surface area contributed by atoms with Crippen LogP contribution in [0.25, 0.3) is 11.9 Å². The molecule has 0 spiro atoms. The van der Waals surface area contributed by atoms with E-state index in [0.717, 1.165) is 6.07 Å². The average molecular weight is 353 g/mol. The Balaban J connectivity index is 1.88. The normalized spacial score (nSPS) is 10.3. The number of hydrogen-bond acceptors (Lipinski definition) is 5. The molecule has 0 aliphatic rings. The van der Waals surface area contributed by atoms with Gasteiger partial charge in [0.1, 0.15) is 12.1 Å². The second kappa shape index (κ2) is 6.93. The van der Waals surface area contributed by atoms with Crippen molar-refractivity contribution in [1.29, 1.82) is 0 Å². The first-order chi connectivity index (χ1) is 12.5. The molecule has 9 heteroatoms. The van der Waals surface area contributed by atoms with Gasteiger partial charge < -0.3 is 10.4 Å². The molecule has 0 atom stereocenters. The van der Waals surface area contributed by atoms with Gasteiger partial charge >= 0.3 is 5.97 Å². The van der Waals surface area contributed by atoms with E-state index >= 15 is 0 Å². The minimum atomic E-state index is -1.38. The summed E-state index contributed by atoms with van der Waals surface area (Å²) >= 11 is 0. The molecule has 1 amide bonds. The summed E-state index contributed by atoms with van der Waals surface area (Å²) < 4.78 is 15.4. The molecule has 0 fully saturated rings. The molecule has 0 saturated heterocycles. The highest BCUT2D eigenvalue weighted by Crippen LogP contribution is 2.22. The van der Waals surface area contributed by atoms with Crippen molar-refractivity contribution in [2.24, 2.45) is 0 Å². The first-order valence-corrected chi connectivity index (χ1v) is 7.32. The van der Waals surface area contributed by atoms with Gasteiger partial charge in [0.25, 0.3) is 5.91 Å². The van der Waals surface area contributed by atoms with E-state index in [9.17, 15) is 19.1 Å². The Morgan fingerprint density at radius 3 is 2.65 bits per heavy atom. The Morgan fingerprint density at radius 2 is 2.08 bits per heavy atom. The Labute approximate surface area is 146 Å². The number of rotatable bonds is 5. The molecule has 0 saturated carbocycles. The van der Waals surface area contributed by atoms with Gasteiger partial charge in [-0.15, -0.1) is 10.2 Å². The third-order valence-electron chi connectivity index (χ3n) is 3.49. The van der Waals surface area contributed by atoms with E-state index in [1.54, 1.807) is 23.0 Å². The van der Waals surface area contributed by atoms with E-state index < -0.39 is 17.7 Å². The van der Waals surface area contributed by atoms with Crippen molar-refractivity contribution < 1.29 is 19.1 Å². The highest BCUT2D eigenvalue weighted by molar-refractivity contribution is 6.07. The van der Waals surface area contributed by atoms with E-state index in [0.29, 0.717) is 5.82 Å². The standard InChI is InChI=1S/C17H12FN5O3/c1-2-10-7-14(11(17(25)26)8-12(10)18)20-16(24)13-3-4-15(22-21-13)23-6-5-19-9-23/h2-9H,1H2,(H,20,24)(H,25,26). The molecule has 2 N–H and O–H groups in total. The number of carboxylic acids is 1. The third-order valence-corrected chi connectivity index (χ3v) is 3.49. The van der Waals surface area contributed by atoms with Crippen molar-refractivity contribution in [3.8, 4) is 5.82 Å². The van der Waals surface area contributed by atoms with Crippen LogP contribution in [0.1, 0.15) is 26.4 Å². The molecular formula is C17H12FN5O3. The lowest BCUT2D eigenvalue weighted by molar-refractivity contribution is 0.0697. The summed E-state index contributed by atoms with van der Waals surface area (Å²) in [5.41, 5.74) is -0.426. The monoisotopic (exact) mass is 353 g/mol. The van der Waals surface area contributed by atoms with Crippen molar-refractivity contribution >= 4 is 23.6 Å². The van der Waals surface area contributed by atoms with E-state index in [-0.39, 0.29) is 22.5 Å². The largest absolute Gasteiger partial charge is 0.478 e. The Morgan fingerprint density at radius 1 is 1.27 bits per heavy atom. The molecule has 130 valence electrons. The molecular weight excluding hydrogens is 341 g/mol. The van der Waals surface area contributed by atoms with Crippen LogP contribution in [-0.4, -0.2) is 36.7 Å². The van der Waals surface area contributed by atoms with Crippen LogP contribution in [0.3, 0.4) is 0 Å². The van der Waals surface area contributed by atoms with Gasteiger partial charge in [-0.2, -0.15) is 0 Å². The number of carbonyl (C=O) groups is 2. The molecule has 3 aromatic rings. The maximum Gasteiger partial charge on any atom is 0.337 e. The summed E-state index contributed by atoms with van der Waals surface area (Å²) in [6.45, 7) is 3.45. The zero-order valence-corrected chi connectivity index (χ0v) is 13.3. The average Bonchev–Trinajstić information content (AvgIpc) is 3.17. The molecule has 0 aliphatic carbocycles. The number of amides is 1. The molecule has 2 aromatic heterocycles. The maximum absolute atomic E-state index is 13.8. The number of benzene rings is 1. The SMILES string of the molecule is C=Cc1cc(NC(=O)c2ccc(-n3ccnc3)nn2)c(C(=O)O)cc1F. The quantitative estimate of drug-likeness (QED) is 0.729. The predicted octanol–water partition coefficient (Wildman–Crippen LogP) is 2.39. The van der Waals surface area contributed by atoms with Crippen LogP contribution in [0.2, 0.25) is 0 Å². The third kappa shape index (κ3) is 3.31. The summed E-state index contributed by atoms with van der Waals surface area (Å²) in [4.78, 5) is 27.5. The number of halogens is 1. The molecule has 0 bridgehead atoms. The van der Waals surface area contributed by atoms with Crippen molar-refractivity contribution in [2.75, 3.05) is 5.32 Å². The van der Waals surface area contributed by atoms with E-state index in [1.807, 2.05) is 0 Å². The first-order valence-electron chi connectivity index (χ1n) is 7.32. The fourth-order valence-corrected chi connectivity index (χ4v) is 2.19. The van der Waals surface area contributed by atoms with Gasteiger partial charge in [-0.3, -0.25) is 9.36 Å². The number of carbonyl (C=O) groups excluding carboxylic acids is 1. The molecule has 1 aromatic carbocycles. The van der Waals surface area contributed by atoms with Crippen molar-refractivity contribution in [3.05, 3.63) is 72.2 Å². The van der Waals surface area contributed by atoms with Gasteiger partial charge in [0.05, 0.1) is 11.3 Å². The molecule has 8 nitrogen and oxygen atoms in total. The van der Waals surface area contributed by atoms with Crippen LogP contribution >= 0.6 is 0 Å². The fraction of sp³-hybridized carbons (Fsp3) is 0. The lowest BCUT2D eigenvalue weighted by atomic mass is 10.1. The number of nitrogens with zero attached hydrogens (tertiary/aromatic N) is 4. The van der Waals surface area contributed by atoms with Crippen LogP contribution in [0.15, 0.2) is 49.6 Å². The van der Waals surface area contributed by atoms with Gasteiger partial charge in [0.15, 0.2) is 11.5 Å². The van der Waals surface area contributed by atoms with Gasteiger partial charge in [-0.05, 0) is 24.3 Å². The summed E-state index contributed by atoms with van der Waals surface area (Å²) in [7, 11) is 0.